The second kappa shape index (κ2) is 12.8. The Labute approximate surface area is 209 Å². The van der Waals surface area contributed by atoms with Gasteiger partial charge in [-0.05, 0) is 24.0 Å². The molecule has 0 bridgehead atoms. The summed E-state index contributed by atoms with van der Waals surface area (Å²) in [6, 6.07) is 13.7. The second-order valence-corrected chi connectivity index (χ2v) is 8.82. The van der Waals surface area contributed by atoms with E-state index < -0.39 is 54.5 Å². The molecule has 1 aliphatic heterocycles. The summed E-state index contributed by atoms with van der Waals surface area (Å²) >= 11 is 0. The number of likely N-dealkylation sites (tertiary alicyclic amines) is 1. The number of nitrogens with one attached hydrogen (secondary N) is 2. The van der Waals surface area contributed by atoms with Gasteiger partial charge in [0.1, 0.15) is 24.2 Å². The van der Waals surface area contributed by atoms with Crippen molar-refractivity contribution < 1.29 is 29.4 Å². The van der Waals surface area contributed by atoms with Crippen molar-refractivity contribution in [3.63, 3.8) is 0 Å². The fraction of sp³-hybridized carbons (Fsp3) is 0.385. The summed E-state index contributed by atoms with van der Waals surface area (Å²) in [6.07, 6.45) is 1.18. The molecule has 0 aromatic heterocycles. The molecule has 3 amide bonds. The number of amides is 3. The summed E-state index contributed by atoms with van der Waals surface area (Å²) in [7, 11) is 0. The zero-order valence-corrected chi connectivity index (χ0v) is 19.9. The smallest absolute Gasteiger partial charge is 0.326 e. The Bertz CT molecular complexity index is 1050. The monoisotopic (exact) mass is 496 g/mol. The number of hydrogen-bond acceptors (Lipinski definition) is 6. The molecule has 4 atom stereocenters. The average Bonchev–Trinajstić information content (AvgIpc) is 3.38. The maximum Gasteiger partial charge on any atom is 0.326 e. The number of aliphatic carboxylic acids is 1. The molecule has 2 aromatic rings. The topological polar surface area (TPSA) is 162 Å². The zero-order valence-electron chi connectivity index (χ0n) is 19.9. The Morgan fingerprint density at radius 2 is 1.47 bits per heavy atom. The highest BCUT2D eigenvalue weighted by molar-refractivity contribution is 5.94. The summed E-state index contributed by atoms with van der Waals surface area (Å²) in [5.41, 5.74) is 7.18. The zero-order chi connectivity index (χ0) is 26.1. The number of nitrogens with two attached hydrogens (primary N) is 1. The first-order valence-corrected chi connectivity index (χ1v) is 11.9. The number of rotatable bonds is 11. The van der Waals surface area contributed by atoms with Gasteiger partial charge in [0.15, 0.2) is 0 Å². The van der Waals surface area contributed by atoms with E-state index in [1.54, 1.807) is 48.5 Å². The molecule has 10 nitrogen and oxygen atoms in total. The van der Waals surface area contributed by atoms with Crippen LogP contribution >= 0.6 is 0 Å². The van der Waals surface area contributed by atoms with Crippen LogP contribution in [-0.4, -0.2) is 76.1 Å². The molecule has 0 radical (unpaired) electrons. The van der Waals surface area contributed by atoms with E-state index in [0.717, 1.165) is 11.1 Å². The Balaban J connectivity index is 1.76. The van der Waals surface area contributed by atoms with Gasteiger partial charge in [-0.15, -0.1) is 0 Å². The van der Waals surface area contributed by atoms with Gasteiger partial charge in [-0.3, -0.25) is 14.4 Å². The van der Waals surface area contributed by atoms with E-state index in [-0.39, 0.29) is 12.8 Å². The number of nitrogens with zero attached hydrogens (tertiary/aromatic N) is 1. The standard InChI is InChI=1S/C26H32N4O6/c27-19(16-31)25(34)30-13-7-12-22(30)24(33)28-20(14-17-8-3-1-4-9-17)23(32)29-21(26(35)36)15-18-10-5-2-6-11-18/h1-6,8-11,19-22,31H,7,12-16,27H2,(H,28,33)(H,29,32)(H,35,36). The normalized spacial score (nSPS) is 17.6. The van der Waals surface area contributed by atoms with Crippen LogP contribution in [0.5, 0.6) is 0 Å². The van der Waals surface area contributed by atoms with Gasteiger partial charge in [-0.1, -0.05) is 60.7 Å². The second-order valence-electron chi connectivity index (χ2n) is 8.82. The van der Waals surface area contributed by atoms with Gasteiger partial charge >= 0.3 is 5.97 Å². The quantitative estimate of drug-likeness (QED) is 0.289. The first-order chi connectivity index (χ1) is 17.3. The molecule has 2 aromatic carbocycles. The van der Waals surface area contributed by atoms with Crippen molar-refractivity contribution in [2.75, 3.05) is 13.2 Å². The van der Waals surface area contributed by atoms with Crippen LogP contribution in [0.3, 0.4) is 0 Å². The Morgan fingerprint density at radius 1 is 0.917 bits per heavy atom. The third-order valence-corrected chi connectivity index (χ3v) is 6.17. The Hall–Kier alpha value is -3.76. The number of carbonyl (C=O) groups is 4. The van der Waals surface area contributed by atoms with Crippen LogP contribution in [0.15, 0.2) is 60.7 Å². The SMILES string of the molecule is NC(CO)C(=O)N1CCCC1C(=O)NC(Cc1ccccc1)C(=O)NC(Cc1ccccc1)C(=O)O. The van der Waals surface area contributed by atoms with E-state index in [0.29, 0.717) is 19.4 Å². The van der Waals surface area contributed by atoms with Crippen molar-refractivity contribution >= 4 is 23.7 Å². The molecule has 192 valence electrons. The van der Waals surface area contributed by atoms with E-state index in [1.807, 2.05) is 12.1 Å². The molecule has 36 heavy (non-hydrogen) atoms. The highest BCUT2D eigenvalue weighted by Crippen LogP contribution is 2.19. The predicted octanol–water partition coefficient (Wildman–Crippen LogP) is -0.163. The van der Waals surface area contributed by atoms with Gasteiger partial charge < -0.3 is 31.5 Å². The first-order valence-electron chi connectivity index (χ1n) is 11.9. The molecule has 1 aliphatic rings. The van der Waals surface area contributed by atoms with Crippen LogP contribution in [0.2, 0.25) is 0 Å². The third kappa shape index (κ3) is 7.12. The minimum atomic E-state index is -1.19. The number of carboxylic acids is 1. The third-order valence-electron chi connectivity index (χ3n) is 6.17. The highest BCUT2D eigenvalue weighted by atomic mass is 16.4. The molecule has 0 saturated carbocycles. The van der Waals surface area contributed by atoms with Gasteiger partial charge in [-0.25, -0.2) is 4.79 Å². The van der Waals surface area contributed by atoms with Crippen molar-refractivity contribution in [1.29, 1.82) is 0 Å². The summed E-state index contributed by atoms with van der Waals surface area (Å²) in [5, 5.41) is 24.2. The van der Waals surface area contributed by atoms with E-state index in [9.17, 15) is 29.4 Å². The van der Waals surface area contributed by atoms with Crippen molar-refractivity contribution in [3.8, 4) is 0 Å². The Kier molecular flexibility index (Phi) is 9.54. The van der Waals surface area contributed by atoms with Gasteiger partial charge in [0.25, 0.3) is 0 Å². The molecule has 10 heteroatoms. The molecule has 3 rings (SSSR count). The predicted molar refractivity (Wildman–Crippen MR) is 132 cm³/mol. The molecular formula is C26H32N4O6. The molecule has 1 fully saturated rings. The van der Waals surface area contributed by atoms with Gasteiger partial charge in [-0.2, -0.15) is 0 Å². The molecule has 1 heterocycles. The average molecular weight is 497 g/mol. The summed E-state index contributed by atoms with van der Waals surface area (Å²) in [4.78, 5) is 52.2. The van der Waals surface area contributed by atoms with Crippen LogP contribution in [-0.2, 0) is 32.0 Å². The number of aliphatic hydroxyl groups is 1. The molecule has 4 unspecified atom stereocenters. The van der Waals surface area contributed by atoms with E-state index >= 15 is 0 Å². The maximum absolute atomic E-state index is 13.3. The fourth-order valence-corrected chi connectivity index (χ4v) is 4.24. The molecule has 0 spiro atoms. The van der Waals surface area contributed by atoms with E-state index in [1.165, 1.54) is 4.90 Å². The lowest BCUT2D eigenvalue weighted by Crippen LogP contribution is -2.57. The minimum Gasteiger partial charge on any atom is -0.480 e. The van der Waals surface area contributed by atoms with E-state index in [4.69, 9.17) is 5.73 Å². The van der Waals surface area contributed by atoms with Crippen molar-refractivity contribution in [1.82, 2.24) is 15.5 Å². The van der Waals surface area contributed by atoms with Gasteiger partial charge in [0.2, 0.25) is 17.7 Å². The summed E-state index contributed by atoms with van der Waals surface area (Å²) < 4.78 is 0. The number of carbonyl (C=O) groups excluding carboxylic acids is 3. The van der Waals surface area contributed by atoms with Crippen LogP contribution < -0.4 is 16.4 Å². The number of aliphatic hydroxyl groups excluding tert-OH is 1. The lowest BCUT2D eigenvalue weighted by atomic mass is 10.0. The Morgan fingerprint density at radius 3 is 2.00 bits per heavy atom. The summed E-state index contributed by atoms with van der Waals surface area (Å²) in [5.74, 6) is -2.90. The molecular weight excluding hydrogens is 464 g/mol. The molecule has 1 saturated heterocycles. The largest absolute Gasteiger partial charge is 0.480 e. The number of hydrogen-bond donors (Lipinski definition) is 5. The highest BCUT2D eigenvalue weighted by Gasteiger charge is 2.37. The summed E-state index contributed by atoms with van der Waals surface area (Å²) in [6.45, 7) is -0.223. The van der Waals surface area contributed by atoms with Crippen molar-refractivity contribution in [2.45, 2.75) is 49.9 Å². The maximum atomic E-state index is 13.3. The molecule has 0 aliphatic carbocycles. The number of benzene rings is 2. The number of carboxylic acid groups (broad SMARTS) is 1. The fourth-order valence-electron chi connectivity index (χ4n) is 4.24. The minimum absolute atomic E-state index is 0.0812. The molecule has 6 N–H and O–H groups in total. The van der Waals surface area contributed by atoms with Crippen LogP contribution in [0, 0.1) is 0 Å². The van der Waals surface area contributed by atoms with Gasteiger partial charge in [0, 0.05) is 19.4 Å². The van der Waals surface area contributed by atoms with Gasteiger partial charge in [0.05, 0.1) is 6.61 Å². The lowest BCUT2D eigenvalue weighted by Gasteiger charge is -2.28. The van der Waals surface area contributed by atoms with Crippen LogP contribution in [0.1, 0.15) is 24.0 Å². The van der Waals surface area contributed by atoms with Crippen molar-refractivity contribution in [2.24, 2.45) is 5.73 Å². The van der Waals surface area contributed by atoms with Crippen molar-refractivity contribution in [3.05, 3.63) is 71.8 Å². The van der Waals surface area contributed by atoms with Crippen LogP contribution in [0.4, 0.5) is 0 Å². The van der Waals surface area contributed by atoms with E-state index in [2.05, 4.69) is 10.6 Å². The van der Waals surface area contributed by atoms with Crippen LogP contribution in [0.25, 0.3) is 0 Å². The first kappa shape index (κ1) is 26.8. The lowest BCUT2D eigenvalue weighted by molar-refractivity contribution is -0.143.